The first-order valence-electron chi connectivity index (χ1n) is 4.26. The Balaban J connectivity index is 2.49. The SMILES string of the molecule is OCC/C=C/C#Cc1ccccc1. The summed E-state index contributed by atoms with van der Waals surface area (Å²) in [6.45, 7) is 0.184. The summed E-state index contributed by atoms with van der Waals surface area (Å²) in [6, 6.07) is 9.81. The lowest BCUT2D eigenvalue weighted by Gasteiger charge is -1.84. The summed E-state index contributed by atoms with van der Waals surface area (Å²) in [5, 5.41) is 8.48. The zero-order valence-electron chi connectivity index (χ0n) is 7.40. The minimum absolute atomic E-state index is 0.184. The summed E-state index contributed by atoms with van der Waals surface area (Å²) in [4.78, 5) is 0. The van der Waals surface area contributed by atoms with Crippen molar-refractivity contribution in [2.45, 2.75) is 6.42 Å². The summed E-state index contributed by atoms with van der Waals surface area (Å²) < 4.78 is 0. The molecule has 0 bridgehead atoms. The van der Waals surface area contributed by atoms with Gasteiger partial charge in [-0.15, -0.1) is 0 Å². The largest absolute Gasteiger partial charge is 0.396 e. The Morgan fingerprint density at radius 2 is 2.00 bits per heavy atom. The predicted octanol–water partition coefficient (Wildman–Crippen LogP) is 1.98. The van der Waals surface area contributed by atoms with Gasteiger partial charge >= 0.3 is 0 Å². The van der Waals surface area contributed by atoms with E-state index in [1.807, 2.05) is 36.4 Å². The first-order valence-corrected chi connectivity index (χ1v) is 4.26. The molecule has 0 unspecified atom stereocenters. The molecular formula is C12H12O. The minimum Gasteiger partial charge on any atom is -0.396 e. The van der Waals surface area contributed by atoms with Gasteiger partial charge in [0.15, 0.2) is 0 Å². The maximum atomic E-state index is 8.48. The van der Waals surface area contributed by atoms with Gasteiger partial charge in [-0.05, 0) is 24.6 Å². The molecule has 1 nitrogen and oxygen atoms in total. The number of benzene rings is 1. The second-order valence-corrected chi connectivity index (χ2v) is 2.55. The Labute approximate surface area is 78.7 Å². The second-order valence-electron chi connectivity index (χ2n) is 2.55. The molecule has 66 valence electrons. The van der Waals surface area contributed by atoms with E-state index in [0.29, 0.717) is 6.42 Å². The highest BCUT2D eigenvalue weighted by atomic mass is 16.2. The zero-order chi connectivity index (χ0) is 9.36. The van der Waals surface area contributed by atoms with Crippen molar-refractivity contribution in [1.29, 1.82) is 0 Å². The van der Waals surface area contributed by atoms with Crippen molar-refractivity contribution in [2.75, 3.05) is 6.61 Å². The number of allylic oxidation sites excluding steroid dienone is 1. The van der Waals surface area contributed by atoms with Gasteiger partial charge in [-0.1, -0.05) is 36.1 Å². The monoisotopic (exact) mass is 172 g/mol. The van der Waals surface area contributed by atoms with Crippen molar-refractivity contribution in [3.05, 3.63) is 48.0 Å². The molecule has 0 aliphatic carbocycles. The van der Waals surface area contributed by atoms with Gasteiger partial charge in [0.1, 0.15) is 0 Å². The third-order valence-corrected chi connectivity index (χ3v) is 1.49. The molecule has 0 amide bonds. The van der Waals surface area contributed by atoms with Crippen LogP contribution in [0.1, 0.15) is 12.0 Å². The minimum atomic E-state index is 0.184. The molecule has 0 saturated heterocycles. The van der Waals surface area contributed by atoms with E-state index in [1.54, 1.807) is 6.08 Å². The fourth-order valence-corrected chi connectivity index (χ4v) is 0.863. The summed E-state index contributed by atoms with van der Waals surface area (Å²) in [5.74, 6) is 5.88. The van der Waals surface area contributed by atoms with E-state index in [1.165, 1.54) is 0 Å². The van der Waals surface area contributed by atoms with Crippen molar-refractivity contribution >= 4 is 0 Å². The number of hydrogen-bond acceptors (Lipinski definition) is 1. The lowest BCUT2D eigenvalue weighted by atomic mass is 10.2. The smallest absolute Gasteiger partial charge is 0.0465 e. The Morgan fingerprint density at radius 1 is 1.23 bits per heavy atom. The van der Waals surface area contributed by atoms with Crippen LogP contribution in [-0.2, 0) is 0 Å². The summed E-state index contributed by atoms with van der Waals surface area (Å²) in [5.41, 5.74) is 1.01. The molecule has 0 aliphatic rings. The molecule has 0 aliphatic heterocycles. The highest BCUT2D eigenvalue weighted by molar-refractivity contribution is 5.36. The quantitative estimate of drug-likeness (QED) is 0.676. The van der Waals surface area contributed by atoms with Crippen molar-refractivity contribution in [3.63, 3.8) is 0 Å². The van der Waals surface area contributed by atoms with E-state index in [-0.39, 0.29) is 6.61 Å². The molecule has 0 heterocycles. The van der Waals surface area contributed by atoms with Crippen LogP contribution in [0.15, 0.2) is 42.5 Å². The van der Waals surface area contributed by atoms with Crippen LogP contribution in [0, 0.1) is 11.8 Å². The van der Waals surface area contributed by atoms with Crippen molar-refractivity contribution < 1.29 is 5.11 Å². The van der Waals surface area contributed by atoms with Gasteiger partial charge in [0.25, 0.3) is 0 Å². The normalized spacial score (nSPS) is 9.62. The molecule has 0 atom stereocenters. The molecule has 0 aromatic heterocycles. The number of hydrogen-bond donors (Lipinski definition) is 1. The maximum Gasteiger partial charge on any atom is 0.0465 e. The fraction of sp³-hybridized carbons (Fsp3) is 0.167. The molecule has 0 saturated carbocycles. The van der Waals surface area contributed by atoms with Crippen molar-refractivity contribution in [2.24, 2.45) is 0 Å². The zero-order valence-corrected chi connectivity index (χ0v) is 7.40. The number of rotatable bonds is 2. The van der Waals surface area contributed by atoms with Gasteiger partial charge in [-0.2, -0.15) is 0 Å². The van der Waals surface area contributed by atoms with Crippen LogP contribution in [0.5, 0.6) is 0 Å². The number of aliphatic hydroxyl groups is 1. The third-order valence-electron chi connectivity index (χ3n) is 1.49. The van der Waals surface area contributed by atoms with Gasteiger partial charge in [-0.3, -0.25) is 0 Å². The van der Waals surface area contributed by atoms with Crippen LogP contribution in [0.25, 0.3) is 0 Å². The average molecular weight is 172 g/mol. The summed E-state index contributed by atoms with van der Waals surface area (Å²) >= 11 is 0. The highest BCUT2D eigenvalue weighted by Gasteiger charge is 1.78. The van der Waals surface area contributed by atoms with Crippen molar-refractivity contribution in [1.82, 2.24) is 0 Å². The average Bonchev–Trinajstić information content (AvgIpc) is 2.19. The second kappa shape index (κ2) is 6.05. The Morgan fingerprint density at radius 3 is 2.69 bits per heavy atom. The Kier molecular flexibility index (Phi) is 4.45. The molecule has 0 radical (unpaired) electrons. The van der Waals surface area contributed by atoms with Crippen LogP contribution in [-0.4, -0.2) is 11.7 Å². The molecule has 13 heavy (non-hydrogen) atoms. The van der Waals surface area contributed by atoms with Gasteiger partial charge in [0, 0.05) is 12.2 Å². The highest BCUT2D eigenvalue weighted by Crippen LogP contribution is 1.94. The molecule has 1 N–H and O–H groups in total. The van der Waals surface area contributed by atoms with E-state index in [0.717, 1.165) is 5.56 Å². The molecule has 0 fully saturated rings. The van der Waals surface area contributed by atoms with E-state index >= 15 is 0 Å². The standard InChI is InChI=1S/C12H12O/c13-11-7-2-1-4-8-12-9-5-3-6-10-12/h1-3,5-6,9-10,13H,7,11H2/b2-1+. The van der Waals surface area contributed by atoms with Gasteiger partial charge in [-0.25, -0.2) is 0 Å². The molecule has 1 aromatic rings. The maximum absolute atomic E-state index is 8.48. The van der Waals surface area contributed by atoms with E-state index in [4.69, 9.17) is 5.11 Å². The van der Waals surface area contributed by atoms with Gasteiger partial charge in [0.05, 0.1) is 0 Å². The van der Waals surface area contributed by atoms with E-state index in [2.05, 4.69) is 11.8 Å². The van der Waals surface area contributed by atoms with Gasteiger partial charge in [0.2, 0.25) is 0 Å². The lowest BCUT2D eigenvalue weighted by molar-refractivity contribution is 0.302. The molecule has 1 rings (SSSR count). The fourth-order valence-electron chi connectivity index (χ4n) is 0.863. The molecule has 1 aromatic carbocycles. The van der Waals surface area contributed by atoms with Crippen LogP contribution in [0.3, 0.4) is 0 Å². The predicted molar refractivity (Wildman–Crippen MR) is 54.2 cm³/mol. The number of aliphatic hydroxyl groups excluding tert-OH is 1. The van der Waals surface area contributed by atoms with Crippen LogP contribution >= 0.6 is 0 Å². The first kappa shape index (κ1) is 9.57. The third kappa shape index (κ3) is 4.15. The lowest BCUT2D eigenvalue weighted by Crippen LogP contribution is -1.74. The van der Waals surface area contributed by atoms with Crippen LogP contribution in [0.4, 0.5) is 0 Å². The molecule has 0 spiro atoms. The Hall–Kier alpha value is -1.52. The molecular weight excluding hydrogens is 160 g/mol. The molecule has 1 heteroatoms. The van der Waals surface area contributed by atoms with Crippen LogP contribution < -0.4 is 0 Å². The first-order chi connectivity index (χ1) is 6.43. The summed E-state index contributed by atoms with van der Waals surface area (Å²) in [6.07, 6.45) is 4.29. The van der Waals surface area contributed by atoms with E-state index in [9.17, 15) is 0 Å². The van der Waals surface area contributed by atoms with Crippen LogP contribution in [0.2, 0.25) is 0 Å². The Bertz CT molecular complexity index is 314. The van der Waals surface area contributed by atoms with Gasteiger partial charge < -0.3 is 5.11 Å². The topological polar surface area (TPSA) is 20.2 Å². The van der Waals surface area contributed by atoms with E-state index < -0.39 is 0 Å². The summed E-state index contributed by atoms with van der Waals surface area (Å²) in [7, 11) is 0. The van der Waals surface area contributed by atoms with Crippen molar-refractivity contribution in [3.8, 4) is 11.8 Å².